The summed E-state index contributed by atoms with van der Waals surface area (Å²) in [6.45, 7) is 7.10. The van der Waals surface area contributed by atoms with Gasteiger partial charge in [-0.25, -0.2) is 0 Å². The number of β-amino-alcohol motifs (C(OH)–C–C–N with tert-alkyl or cyclic N) is 1. The van der Waals surface area contributed by atoms with Gasteiger partial charge in [0.05, 0.1) is 24.5 Å². The molecule has 0 radical (unpaired) electrons. The van der Waals surface area contributed by atoms with E-state index in [4.69, 9.17) is 4.74 Å². The van der Waals surface area contributed by atoms with Crippen molar-refractivity contribution in [1.82, 2.24) is 15.2 Å². The fourth-order valence-corrected chi connectivity index (χ4v) is 2.26. The Morgan fingerprint density at radius 1 is 1.42 bits per heavy atom. The summed E-state index contributed by atoms with van der Waals surface area (Å²) in [4.78, 5) is 6.48. The van der Waals surface area contributed by atoms with Crippen molar-refractivity contribution in [3.8, 4) is 0 Å². The molecule has 0 bridgehead atoms. The number of hydrogen-bond donors (Lipinski definition) is 2. The lowest BCUT2D eigenvalue weighted by Crippen LogP contribution is -2.50. The lowest BCUT2D eigenvalue weighted by molar-refractivity contribution is -0.0219. The molecule has 0 spiro atoms. The first kappa shape index (κ1) is 14.4. The highest BCUT2D eigenvalue weighted by Crippen LogP contribution is 2.07. The number of aliphatic hydroxyl groups is 1. The van der Waals surface area contributed by atoms with E-state index in [1.807, 2.05) is 25.1 Å². The van der Waals surface area contributed by atoms with Crippen LogP contribution in [0, 0.1) is 0 Å². The first-order valence-electron chi connectivity index (χ1n) is 6.79. The van der Waals surface area contributed by atoms with Gasteiger partial charge in [-0.3, -0.25) is 9.88 Å². The smallest absolute Gasteiger partial charge is 0.0869 e. The zero-order valence-corrected chi connectivity index (χ0v) is 11.5. The van der Waals surface area contributed by atoms with Crippen LogP contribution in [-0.4, -0.2) is 60.0 Å². The zero-order chi connectivity index (χ0) is 13.6. The van der Waals surface area contributed by atoms with Crippen molar-refractivity contribution in [2.45, 2.75) is 19.1 Å². The lowest BCUT2D eigenvalue weighted by atomic mass is 10.1. The molecule has 1 atom stereocenters. The molecular formula is C14H23N3O2. The largest absolute Gasteiger partial charge is 0.388 e. The average Bonchev–Trinajstić information content (AvgIpc) is 2.40. The van der Waals surface area contributed by atoms with Crippen LogP contribution >= 0.6 is 0 Å². The van der Waals surface area contributed by atoms with E-state index < -0.39 is 5.60 Å². The summed E-state index contributed by atoms with van der Waals surface area (Å²) in [6, 6.07) is 5.84. The van der Waals surface area contributed by atoms with Crippen molar-refractivity contribution >= 4 is 0 Å². The van der Waals surface area contributed by atoms with Crippen LogP contribution in [0.3, 0.4) is 0 Å². The van der Waals surface area contributed by atoms with Gasteiger partial charge in [0.15, 0.2) is 0 Å². The van der Waals surface area contributed by atoms with Crippen LogP contribution in [0.1, 0.15) is 12.6 Å². The molecule has 5 heteroatoms. The second kappa shape index (κ2) is 6.96. The van der Waals surface area contributed by atoms with E-state index in [2.05, 4.69) is 15.2 Å². The molecule has 2 rings (SSSR count). The molecule has 0 aromatic carbocycles. The quantitative estimate of drug-likeness (QED) is 0.772. The normalized spacial score (nSPS) is 20.1. The van der Waals surface area contributed by atoms with Crippen LogP contribution in [0.4, 0.5) is 0 Å². The number of nitrogens with zero attached hydrogens (tertiary/aromatic N) is 2. The molecule has 106 valence electrons. The van der Waals surface area contributed by atoms with Gasteiger partial charge in [0.1, 0.15) is 0 Å². The highest BCUT2D eigenvalue weighted by atomic mass is 16.5. The Balaban J connectivity index is 1.71. The van der Waals surface area contributed by atoms with Crippen molar-refractivity contribution < 1.29 is 9.84 Å². The van der Waals surface area contributed by atoms with Gasteiger partial charge in [0.2, 0.25) is 0 Å². The summed E-state index contributed by atoms with van der Waals surface area (Å²) < 4.78 is 5.31. The molecule has 2 heterocycles. The fraction of sp³-hybridized carbons (Fsp3) is 0.643. The van der Waals surface area contributed by atoms with Crippen molar-refractivity contribution in [2.75, 3.05) is 39.4 Å². The van der Waals surface area contributed by atoms with Gasteiger partial charge in [-0.15, -0.1) is 0 Å². The summed E-state index contributed by atoms with van der Waals surface area (Å²) in [5.41, 5.74) is 0.260. The van der Waals surface area contributed by atoms with Gasteiger partial charge >= 0.3 is 0 Å². The molecule has 1 aromatic rings. The number of rotatable bonds is 6. The minimum absolute atomic E-state index is 0.556. The monoisotopic (exact) mass is 265 g/mol. The molecule has 1 aromatic heterocycles. The topological polar surface area (TPSA) is 57.6 Å². The molecule has 1 aliphatic rings. The first-order chi connectivity index (χ1) is 9.16. The van der Waals surface area contributed by atoms with E-state index >= 15 is 0 Å². The van der Waals surface area contributed by atoms with E-state index in [0.29, 0.717) is 19.6 Å². The molecule has 5 nitrogen and oxygen atoms in total. The predicted molar refractivity (Wildman–Crippen MR) is 73.8 cm³/mol. The van der Waals surface area contributed by atoms with Crippen molar-refractivity contribution in [2.24, 2.45) is 0 Å². The van der Waals surface area contributed by atoms with Gasteiger partial charge in [0.25, 0.3) is 0 Å². The number of nitrogens with one attached hydrogen (secondary N) is 1. The summed E-state index contributed by atoms with van der Waals surface area (Å²) >= 11 is 0. The van der Waals surface area contributed by atoms with Crippen LogP contribution in [0.5, 0.6) is 0 Å². The van der Waals surface area contributed by atoms with Crippen LogP contribution in [-0.2, 0) is 11.3 Å². The molecule has 2 N–H and O–H groups in total. The SMILES string of the molecule is CC(O)(CNCc1ccccn1)CN1CCOCC1. The number of pyridine rings is 1. The molecule has 0 amide bonds. The lowest BCUT2D eigenvalue weighted by Gasteiger charge is -2.33. The third kappa shape index (κ3) is 5.24. The van der Waals surface area contributed by atoms with Crippen LogP contribution in [0.25, 0.3) is 0 Å². The third-order valence-corrected chi connectivity index (χ3v) is 3.21. The zero-order valence-electron chi connectivity index (χ0n) is 11.5. The maximum absolute atomic E-state index is 10.4. The van der Waals surface area contributed by atoms with Crippen LogP contribution in [0.15, 0.2) is 24.4 Å². The second-order valence-electron chi connectivity index (χ2n) is 5.31. The van der Waals surface area contributed by atoms with Gasteiger partial charge in [-0.05, 0) is 19.1 Å². The van der Waals surface area contributed by atoms with Gasteiger partial charge in [0, 0.05) is 38.9 Å². The number of ether oxygens (including phenoxy) is 1. The molecule has 1 aliphatic heterocycles. The van der Waals surface area contributed by atoms with E-state index in [1.165, 1.54) is 0 Å². The highest BCUT2D eigenvalue weighted by Gasteiger charge is 2.24. The Morgan fingerprint density at radius 3 is 2.89 bits per heavy atom. The van der Waals surface area contributed by atoms with Crippen LogP contribution in [0.2, 0.25) is 0 Å². The predicted octanol–water partition coefficient (Wildman–Crippen LogP) is 0.254. The summed E-state index contributed by atoms with van der Waals surface area (Å²) in [6.07, 6.45) is 1.78. The van der Waals surface area contributed by atoms with Gasteiger partial charge in [-0.1, -0.05) is 6.07 Å². The summed E-state index contributed by atoms with van der Waals surface area (Å²) in [5.74, 6) is 0. The van der Waals surface area contributed by atoms with Crippen molar-refractivity contribution in [3.63, 3.8) is 0 Å². The molecule has 1 unspecified atom stereocenters. The minimum atomic E-state index is -0.730. The average molecular weight is 265 g/mol. The molecule has 1 fully saturated rings. The molecule has 1 saturated heterocycles. The second-order valence-corrected chi connectivity index (χ2v) is 5.31. The number of morpholine rings is 1. The molecule has 0 saturated carbocycles. The van der Waals surface area contributed by atoms with Crippen LogP contribution < -0.4 is 5.32 Å². The Kier molecular flexibility index (Phi) is 5.27. The minimum Gasteiger partial charge on any atom is -0.388 e. The van der Waals surface area contributed by atoms with E-state index in [1.54, 1.807) is 6.20 Å². The molecule has 19 heavy (non-hydrogen) atoms. The van der Waals surface area contributed by atoms with E-state index in [-0.39, 0.29) is 0 Å². The fourth-order valence-electron chi connectivity index (χ4n) is 2.26. The summed E-state index contributed by atoms with van der Waals surface area (Å²) in [5, 5.41) is 13.6. The van der Waals surface area contributed by atoms with E-state index in [9.17, 15) is 5.11 Å². The third-order valence-electron chi connectivity index (χ3n) is 3.21. The standard InChI is InChI=1S/C14H23N3O2/c1-14(18,12-17-6-8-19-9-7-17)11-15-10-13-4-2-3-5-16-13/h2-5,15,18H,6-12H2,1H3. The number of hydrogen-bond acceptors (Lipinski definition) is 5. The van der Waals surface area contributed by atoms with E-state index in [0.717, 1.165) is 32.0 Å². The molecule has 0 aliphatic carbocycles. The Bertz CT molecular complexity index is 364. The van der Waals surface area contributed by atoms with Gasteiger partial charge in [-0.2, -0.15) is 0 Å². The van der Waals surface area contributed by atoms with Crippen molar-refractivity contribution in [3.05, 3.63) is 30.1 Å². The molecular weight excluding hydrogens is 242 g/mol. The number of aromatic nitrogens is 1. The Morgan fingerprint density at radius 2 is 2.21 bits per heavy atom. The Hall–Kier alpha value is -1.01. The summed E-state index contributed by atoms with van der Waals surface area (Å²) in [7, 11) is 0. The highest BCUT2D eigenvalue weighted by molar-refractivity contribution is 5.03. The first-order valence-corrected chi connectivity index (χ1v) is 6.79. The Labute approximate surface area is 114 Å². The maximum Gasteiger partial charge on any atom is 0.0869 e. The maximum atomic E-state index is 10.4. The van der Waals surface area contributed by atoms with Crippen molar-refractivity contribution in [1.29, 1.82) is 0 Å². The van der Waals surface area contributed by atoms with Gasteiger partial charge < -0.3 is 15.2 Å².